The van der Waals surface area contributed by atoms with E-state index in [1.807, 2.05) is 20.8 Å². The zero-order valence-corrected chi connectivity index (χ0v) is 11.8. The van der Waals surface area contributed by atoms with Gasteiger partial charge in [-0.25, -0.2) is 4.79 Å². The van der Waals surface area contributed by atoms with Gasteiger partial charge in [0.25, 0.3) is 0 Å². The normalized spacial score (nSPS) is 29.1. The highest BCUT2D eigenvalue weighted by Crippen LogP contribution is 2.33. The lowest BCUT2D eigenvalue weighted by atomic mass is 9.81. The van der Waals surface area contributed by atoms with Crippen LogP contribution in [0.4, 0.5) is 4.79 Å². The summed E-state index contributed by atoms with van der Waals surface area (Å²) in [5.74, 6) is 0. The predicted molar refractivity (Wildman–Crippen MR) is 68.7 cm³/mol. The standard InChI is InChI=1S/C13H25NO4/c1-12(2,3)14(11(15)16)10-5-7-13(17,8-6-10)9-18-4/h10,17H,5-9H2,1-4H3,(H,15,16). The molecule has 0 aromatic carbocycles. The molecule has 0 aromatic heterocycles. The van der Waals surface area contributed by atoms with Crippen molar-refractivity contribution in [1.82, 2.24) is 4.90 Å². The maximum Gasteiger partial charge on any atom is 0.407 e. The zero-order valence-electron chi connectivity index (χ0n) is 11.8. The second-order valence-electron chi connectivity index (χ2n) is 6.21. The number of carbonyl (C=O) groups is 1. The lowest BCUT2D eigenvalue weighted by Crippen LogP contribution is -2.54. The molecule has 1 aliphatic rings. The Hall–Kier alpha value is -0.810. The molecule has 0 unspecified atom stereocenters. The molecule has 2 N–H and O–H groups in total. The van der Waals surface area contributed by atoms with Crippen LogP contribution in [-0.2, 0) is 4.74 Å². The predicted octanol–water partition coefficient (Wildman–Crippen LogP) is 2.08. The quantitative estimate of drug-likeness (QED) is 0.814. The molecule has 0 atom stereocenters. The van der Waals surface area contributed by atoms with Crippen molar-refractivity contribution in [2.75, 3.05) is 13.7 Å². The summed E-state index contributed by atoms with van der Waals surface area (Å²) in [6, 6.07) is -0.0142. The average molecular weight is 259 g/mol. The summed E-state index contributed by atoms with van der Waals surface area (Å²) < 4.78 is 5.01. The molecule has 106 valence electrons. The average Bonchev–Trinajstić information content (AvgIpc) is 2.19. The van der Waals surface area contributed by atoms with Crippen molar-refractivity contribution < 1.29 is 19.7 Å². The van der Waals surface area contributed by atoms with Gasteiger partial charge in [-0.15, -0.1) is 0 Å². The van der Waals surface area contributed by atoms with Gasteiger partial charge >= 0.3 is 6.09 Å². The molecule has 18 heavy (non-hydrogen) atoms. The van der Waals surface area contributed by atoms with Gasteiger partial charge in [0, 0.05) is 18.7 Å². The van der Waals surface area contributed by atoms with E-state index < -0.39 is 17.2 Å². The molecular formula is C13H25NO4. The number of rotatable bonds is 3. The van der Waals surface area contributed by atoms with Gasteiger partial charge < -0.3 is 19.8 Å². The smallest absolute Gasteiger partial charge is 0.407 e. The summed E-state index contributed by atoms with van der Waals surface area (Å²) in [4.78, 5) is 12.9. The van der Waals surface area contributed by atoms with Gasteiger partial charge in [-0.05, 0) is 46.5 Å². The zero-order chi connectivity index (χ0) is 14.0. The van der Waals surface area contributed by atoms with Crippen LogP contribution in [-0.4, -0.2) is 52.1 Å². The molecule has 1 aliphatic carbocycles. The summed E-state index contributed by atoms with van der Waals surface area (Å²) in [5, 5.41) is 19.6. The van der Waals surface area contributed by atoms with E-state index in [0.29, 0.717) is 32.3 Å². The molecule has 1 fully saturated rings. The third kappa shape index (κ3) is 3.59. The first-order valence-electron chi connectivity index (χ1n) is 6.43. The van der Waals surface area contributed by atoms with Crippen molar-refractivity contribution in [2.24, 2.45) is 0 Å². The van der Waals surface area contributed by atoms with Crippen molar-refractivity contribution in [2.45, 2.75) is 63.6 Å². The van der Waals surface area contributed by atoms with E-state index in [0.717, 1.165) is 0 Å². The minimum atomic E-state index is -0.885. The molecule has 0 aliphatic heterocycles. The fraction of sp³-hybridized carbons (Fsp3) is 0.923. The van der Waals surface area contributed by atoms with Crippen LogP contribution in [0.25, 0.3) is 0 Å². The number of carboxylic acid groups (broad SMARTS) is 1. The molecule has 1 saturated carbocycles. The van der Waals surface area contributed by atoms with Crippen molar-refractivity contribution in [3.05, 3.63) is 0 Å². The Morgan fingerprint density at radius 2 is 1.89 bits per heavy atom. The van der Waals surface area contributed by atoms with Gasteiger partial charge in [0.15, 0.2) is 0 Å². The Morgan fingerprint density at radius 3 is 2.22 bits per heavy atom. The Labute approximate surface area is 109 Å². The number of ether oxygens (including phenoxy) is 1. The minimum Gasteiger partial charge on any atom is -0.465 e. The summed E-state index contributed by atoms with van der Waals surface area (Å²) in [6.45, 7) is 6.02. The Morgan fingerprint density at radius 1 is 1.39 bits per heavy atom. The number of amides is 1. The third-order valence-electron chi connectivity index (χ3n) is 3.59. The van der Waals surface area contributed by atoms with Crippen molar-refractivity contribution in [1.29, 1.82) is 0 Å². The molecule has 0 bridgehead atoms. The van der Waals surface area contributed by atoms with Crippen LogP contribution in [0, 0.1) is 0 Å². The van der Waals surface area contributed by atoms with Crippen molar-refractivity contribution in [3.63, 3.8) is 0 Å². The summed E-state index contributed by atoms with van der Waals surface area (Å²) in [6.07, 6.45) is 1.66. The van der Waals surface area contributed by atoms with Crippen molar-refractivity contribution in [3.8, 4) is 0 Å². The first kappa shape index (κ1) is 15.2. The van der Waals surface area contributed by atoms with Gasteiger partial charge in [-0.1, -0.05) is 0 Å². The Balaban J connectivity index is 2.68. The van der Waals surface area contributed by atoms with E-state index in [2.05, 4.69) is 0 Å². The van der Waals surface area contributed by atoms with E-state index in [1.165, 1.54) is 4.90 Å². The SMILES string of the molecule is COCC1(O)CCC(N(C(=O)O)C(C)(C)C)CC1. The van der Waals surface area contributed by atoms with Gasteiger partial charge in [0.05, 0.1) is 12.2 Å². The first-order chi connectivity index (χ1) is 8.19. The molecule has 5 nitrogen and oxygen atoms in total. The molecular weight excluding hydrogens is 234 g/mol. The molecule has 0 heterocycles. The van der Waals surface area contributed by atoms with Crippen LogP contribution < -0.4 is 0 Å². The maximum atomic E-state index is 11.4. The van der Waals surface area contributed by atoms with Crippen LogP contribution in [0.1, 0.15) is 46.5 Å². The number of methoxy groups -OCH3 is 1. The van der Waals surface area contributed by atoms with Gasteiger partial charge in [-0.3, -0.25) is 0 Å². The summed E-state index contributed by atoms with van der Waals surface area (Å²) in [5.41, 5.74) is -1.19. The van der Waals surface area contributed by atoms with Gasteiger partial charge in [0.2, 0.25) is 0 Å². The number of hydrogen-bond acceptors (Lipinski definition) is 3. The first-order valence-corrected chi connectivity index (χ1v) is 6.43. The molecule has 5 heteroatoms. The fourth-order valence-electron chi connectivity index (χ4n) is 2.80. The monoisotopic (exact) mass is 259 g/mol. The Bertz CT molecular complexity index is 290. The third-order valence-corrected chi connectivity index (χ3v) is 3.59. The van der Waals surface area contributed by atoms with Gasteiger partial charge in [0.1, 0.15) is 0 Å². The Kier molecular flexibility index (Phi) is 4.61. The van der Waals surface area contributed by atoms with E-state index in [9.17, 15) is 15.0 Å². The van der Waals surface area contributed by atoms with E-state index in [1.54, 1.807) is 7.11 Å². The van der Waals surface area contributed by atoms with E-state index in [-0.39, 0.29) is 6.04 Å². The van der Waals surface area contributed by atoms with Crippen LogP contribution in [0.3, 0.4) is 0 Å². The fourth-order valence-corrected chi connectivity index (χ4v) is 2.80. The molecule has 0 spiro atoms. The molecule has 0 aromatic rings. The number of nitrogens with zero attached hydrogens (tertiary/aromatic N) is 1. The summed E-state index contributed by atoms with van der Waals surface area (Å²) in [7, 11) is 1.57. The lowest BCUT2D eigenvalue weighted by Gasteiger charge is -2.44. The number of hydrogen-bond donors (Lipinski definition) is 2. The van der Waals surface area contributed by atoms with E-state index in [4.69, 9.17) is 4.74 Å². The van der Waals surface area contributed by atoms with Crippen LogP contribution in [0.15, 0.2) is 0 Å². The lowest BCUT2D eigenvalue weighted by molar-refractivity contribution is -0.0734. The second-order valence-corrected chi connectivity index (χ2v) is 6.21. The topological polar surface area (TPSA) is 70.0 Å². The van der Waals surface area contributed by atoms with Crippen LogP contribution in [0.2, 0.25) is 0 Å². The molecule has 1 amide bonds. The largest absolute Gasteiger partial charge is 0.465 e. The minimum absolute atomic E-state index is 0.0142. The maximum absolute atomic E-state index is 11.4. The van der Waals surface area contributed by atoms with Crippen LogP contribution >= 0.6 is 0 Å². The van der Waals surface area contributed by atoms with Crippen LogP contribution in [0.5, 0.6) is 0 Å². The number of aliphatic hydroxyl groups is 1. The van der Waals surface area contributed by atoms with Gasteiger partial charge in [-0.2, -0.15) is 0 Å². The highest BCUT2D eigenvalue weighted by Gasteiger charge is 2.40. The molecule has 0 radical (unpaired) electrons. The highest BCUT2D eigenvalue weighted by atomic mass is 16.5. The molecule has 1 rings (SSSR count). The second kappa shape index (κ2) is 5.45. The molecule has 0 saturated heterocycles. The van der Waals surface area contributed by atoms with E-state index >= 15 is 0 Å². The summed E-state index contributed by atoms with van der Waals surface area (Å²) >= 11 is 0. The highest BCUT2D eigenvalue weighted by molar-refractivity contribution is 5.66. The van der Waals surface area contributed by atoms with Crippen molar-refractivity contribution >= 4 is 6.09 Å².